The molecule has 0 bridgehead atoms. The second-order valence-electron chi connectivity index (χ2n) is 4.54. The van der Waals surface area contributed by atoms with E-state index < -0.39 is 16.0 Å². The van der Waals surface area contributed by atoms with Crippen molar-refractivity contribution >= 4 is 21.9 Å². The summed E-state index contributed by atoms with van der Waals surface area (Å²) in [5.74, 6) is -1.63. The Kier molecular flexibility index (Phi) is 6.37. The first-order valence-corrected chi connectivity index (χ1v) is 7.95. The zero-order valence-electron chi connectivity index (χ0n) is 11.4. The molecule has 1 N–H and O–H groups in total. The average molecular weight is 308 g/mol. The number of morpholine rings is 1. The molecule has 8 nitrogen and oxygen atoms in total. The molecule has 1 aliphatic heterocycles. The number of sulfonamides is 1. The van der Waals surface area contributed by atoms with Crippen LogP contribution in [0.25, 0.3) is 0 Å². The number of rotatable bonds is 7. The van der Waals surface area contributed by atoms with Crippen molar-refractivity contribution in [1.82, 2.24) is 9.21 Å². The van der Waals surface area contributed by atoms with Gasteiger partial charge in [0.2, 0.25) is 15.9 Å². The van der Waals surface area contributed by atoms with Gasteiger partial charge >= 0.3 is 5.97 Å². The van der Waals surface area contributed by atoms with E-state index in [9.17, 15) is 18.0 Å². The van der Waals surface area contributed by atoms with Crippen LogP contribution >= 0.6 is 0 Å². The van der Waals surface area contributed by atoms with E-state index in [2.05, 4.69) is 0 Å². The number of carboxylic acid groups (broad SMARTS) is 1. The molecule has 0 radical (unpaired) electrons. The summed E-state index contributed by atoms with van der Waals surface area (Å²) in [6.07, 6.45) is -0.297. The zero-order valence-corrected chi connectivity index (χ0v) is 12.3. The fourth-order valence-corrected chi connectivity index (χ4v) is 3.15. The van der Waals surface area contributed by atoms with Gasteiger partial charge in [0.05, 0.1) is 25.4 Å². The standard InChI is InChI=1S/C11H20N2O6S/c1-12(4-2-11(15)16)10(14)3-9-20(17,18)13-5-7-19-8-6-13/h2-9H2,1H3,(H,15,16). The highest BCUT2D eigenvalue weighted by Gasteiger charge is 2.25. The SMILES string of the molecule is CN(CCC(=O)O)C(=O)CCS(=O)(=O)N1CCOCC1. The van der Waals surface area contributed by atoms with E-state index in [1.54, 1.807) is 0 Å². The molecule has 9 heteroatoms. The zero-order chi connectivity index (χ0) is 15.2. The summed E-state index contributed by atoms with van der Waals surface area (Å²) < 4.78 is 30.4. The van der Waals surface area contributed by atoms with Crippen LogP contribution < -0.4 is 0 Å². The summed E-state index contributed by atoms with van der Waals surface area (Å²) in [6, 6.07) is 0. The molecule has 0 spiro atoms. The predicted molar refractivity (Wildman–Crippen MR) is 70.7 cm³/mol. The van der Waals surface area contributed by atoms with E-state index in [-0.39, 0.29) is 31.0 Å². The third kappa shape index (κ3) is 5.43. The second-order valence-corrected chi connectivity index (χ2v) is 6.62. The van der Waals surface area contributed by atoms with Gasteiger partial charge in [-0.05, 0) is 0 Å². The van der Waals surface area contributed by atoms with Gasteiger partial charge in [0.1, 0.15) is 0 Å². The average Bonchev–Trinajstić information content (AvgIpc) is 2.43. The third-order valence-electron chi connectivity index (χ3n) is 3.02. The molecule has 1 aliphatic rings. The molecule has 1 heterocycles. The largest absolute Gasteiger partial charge is 0.481 e. The van der Waals surface area contributed by atoms with Crippen molar-refractivity contribution in [3.05, 3.63) is 0 Å². The summed E-state index contributed by atoms with van der Waals surface area (Å²) in [4.78, 5) is 23.3. The molecule has 1 rings (SSSR count). The van der Waals surface area contributed by atoms with E-state index in [0.717, 1.165) is 0 Å². The molecule has 1 fully saturated rings. The number of carbonyl (C=O) groups is 2. The van der Waals surface area contributed by atoms with Crippen molar-refractivity contribution in [1.29, 1.82) is 0 Å². The Balaban J connectivity index is 2.40. The quantitative estimate of drug-likeness (QED) is 0.645. The molecular weight excluding hydrogens is 288 g/mol. The number of ether oxygens (including phenoxy) is 1. The summed E-state index contributed by atoms with van der Waals surface area (Å²) in [6.45, 7) is 1.43. The van der Waals surface area contributed by atoms with Crippen LogP contribution in [-0.4, -0.2) is 80.3 Å². The second kappa shape index (κ2) is 7.55. The van der Waals surface area contributed by atoms with E-state index in [0.29, 0.717) is 26.3 Å². The minimum atomic E-state index is -3.45. The lowest BCUT2D eigenvalue weighted by molar-refractivity contribution is -0.138. The van der Waals surface area contributed by atoms with E-state index >= 15 is 0 Å². The van der Waals surface area contributed by atoms with Gasteiger partial charge in [0.15, 0.2) is 0 Å². The summed E-state index contributed by atoms with van der Waals surface area (Å²) >= 11 is 0. The fraction of sp³-hybridized carbons (Fsp3) is 0.818. The number of hydrogen-bond donors (Lipinski definition) is 1. The summed E-state index contributed by atoms with van der Waals surface area (Å²) in [5.41, 5.74) is 0. The van der Waals surface area contributed by atoms with Crippen LogP contribution in [0.3, 0.4) is 0 Å². The van der Waals surface area contributed by atoms with E-state index in [4.69, 9.17) is 9.84 Å². The molecule has 0 unspecified atom stereocenters. The lowest BCUT2D eigenvalue weighted by atomic mass is 10.3. The molecule has 20 heavy (non-hydrogen) atoms. The van der Waals surface area contributed by atoms with Gasteiger partial charge < -0.3 is 14.7 Å². The van der Waals surface area contributed by atoms with Crippen molar-refractivity contribution in [3.63, 3.8) is 0 Å². The van der Waals surface area contributed by atoms with Gasteiger partial charge in [-0.25, -0.2) is 8.42 Å². The lowest BCUT2D eigenvalue weighted by Crippen LogP contribution is -2.42. The smallest absolute Gasteiger partial charge is 0.305 e. The van der Waals surface area contributed by atoms with E-state index in [1.807, 2.05) is 0 Å². The first-order valence-electron chi connectivity index (χ1n) is 6.34. The van der Waals surface area contributed by atoms with E-state index in [1.165, 1.54) is 16.3 Å². The van der Waals surface area contributed by atoms with Crippen LogP contribution in [0, 0.1) is 0 Å². The minimum absolute atomic E-state index is 0.0752. The Labute approximate surface area is 118 Å². The van der Waals surface area contributed by atoms with Gasteiger partial charge in [-0.2, -0.15) is 4.31 Å². The van der Waals surface area contributed by atoms with Crippen molar-refractivity contribution in [2.75, 3.05) is 45.6 Å². The highest BCUT2D eigenvalue weighted by molar-refractivity contribution is 7.89. The van der Waals surface area contributed by atoms with Gasteiger partial charge in [0.25, 0.3) is 0 Å². The number of carbonyl (C=O) groups excluding carboxylic acids is 1. The lowest BCUT2D eigenvalue weighted by Gasteiger charge is -2.26. The van der Waals surface area contributed by atoms with Crippen molar-refractivity contribution in [3.8, 4) is 0 Å². The van der Waals surface area contributed by atoms with Gasteiger partial charge in [0, 0.05) is 33.1 Å². The van der Waals surface area contributed by atoms with Crippen molar-refractivity contribution in [2.24, 2.45) is 0 Å². The molecule has 0 saturated carbocycles. The van der Waals surface area contributed by atoms with Crippen molar-refractivity contribution < 1.29 is 27.9 Å². The molecule has 0 aliphatic carbocycles. The van der Waals surface area contributed by atoms with Gasteiger partial charge in [-0.3, -0.25) is 9.59 Å². The van der Waals surface area contributed by atoms with Crippen LogP contribution in [0.5, 0.6) is 0 Å². The van der Waals surface area contributed by atoms with Gasteiger partial charge in [-0.15, -0.1) is 0 Å². The molecule has 116 valence electrons. The molecule has 1 amide bonds. The van der Waals surface area contributed by atoms with Crippen molar-refractivity contribution in [2.45, 2.75) is 12.8 Å². The molecule has 0 aromatic carbocycles. The monoisotopic (exact) mass is 308 g/mol. The van der Waals surface area contributed by atoms with Crippen LogP contribution in [-0.2, 0) is 24.3 Å². The Bertz CT molecular complexity index is 444. The molecule has 0 atom stereocenters. The van der Waals surface area contributed by atoms with Gasteiger partial charge in [-0.1, -0.05) is 0 Å². The number of carboxylic acids is 1. The maximum Gasteiger partial charge on any atom is 0.305 e. The maximum atomic E-state index is 12.0. The van der Waals surface area contributed by atoms with Crippen LogP contribution in [0.1, 0.15) is 12.8 Å². The minimum Gasteiger partial charge on any atom is -0.481 e. The normalized spacial score (nSPS) is 16.9. The Morgan fingerprint density at radius 2 is 1.85 bits per heavy atom. The highest BCUT2D eigenvalue weighted by atomic mass is 32.2. The van der Waals surface area contributed by atoms with Crippen LogP contribution in [0.2, 0.25) is 0 Å². The Morgan fingerprint density at radius 1 is 1.25 bits per heavy atom. The van der Waals surface area contributed by atoms with Crippen LogP contribution in [0.4, 0.5) is 0 Å². The predicted octanol–water partition coefficient (Wildman–Crippen LogP) is -1.03. The first kappa shape index (κ1) is 16.9. The number of aliphatic carboxylic acids is 1. The fourth-order valence-electron chi connectivity index (χ4n) is 1.75. The van der Waals surface area contributed by atoms with Crippen LogP contribution in [0.15, 0.2) is 0 Å². The topological polar surface area (TPSA) is 104 Å². The number of amides is 1. The highest BCUT2D eigenvalue weighted by Crippen LogP contribution is 2.07. The molecule has 1 saturated heterocycles. The summed E-state index contributed by atoms with van der Waals surface area (Å²) in [5, 5.41) is 8.52. The Morgan fingerprint density at radius 3 is 2.40 bits per heavy atom. The third-order valence-corrected chi connectivity index (χ3v) is 4.90. The molecular formula is C11H20N2O6S. The number of hydrogen-bond acceptors (Lipinski definition) is 5. The summed E-state index contributed by atoms with van der Waals surface area (Å²) in [7, 11) is -1.99. The maximum absolute atomic E-state index is 12.0. The number of nitrogens with zero attached hydrogens (tertiary/aromatic N) is 2. The molecule has 0 aromatic rings. The molecule has 0 aromatic heterocycles. The Hall–Kier alpha value is -1.19. The first-order chi connectivity index (χ1) is 9.33.